The number of aromatic nitrogens is 2. The van der Waals surface area contributed by atoms with Gasteiger partial charge in [-0.3, -0.25) is 28.8 Å². The summed E-state index contributed by atoms with van der Waals surface area (Å²) in [5.41, 5.74) is 16.5. The molecular formula is C45H48N6O9S2. The number of hydrogen-bond donors (Lipinski definition) is 4. The predicted molar refractivity (Wildman–Crippen MR) is 239 cm³/mol. The van der Waals surface area contributed by atoms with Gasteiger partial charge in [0.25, 0.3) is 29.2 Å². The first-order valence-corrected chi connectivity index (χ1v) is 21.6. The molecule has 0 radical (unpaired) electrons. The highest BCUT2D eigenvalue weighted by atomic mass is 32.1. The number of nitrogens with one attached hydrogen (secondary N) is 2. The lowest BCUT2D eigenvalue weighted by atomic mass is 9.95. The summed E-state index contributed by atoms with van der Waals surface area (Å²) in [5.74, 6) is -3.46. The number of ether oxygens (including phenoxy) is 2. The summed E-state index contributed by atoms with van der Waals surface area (Å²) >= 11 is 2.72. The minimum absolute atomic E-state index is 0. The van der Waals surface area contributed by atoms with Crippen LogP contribution in [-0.4, -0.2) is 58.6 Å². The highest BCUT2D eigenvalue weighted by Crippen LogP contribution is 2.39. The van der Waals surface area contributed by atoms with E-state index in [0.29, 0.717) is 31.9 Å². The van der Waals surface area contributed by atoms with Gasteiger partial charge in [-0.2, -0.15) is 5.10 Å². The quantitative estimate of drug-likeness (QED) is 0.105. The van der Waals surface area contributed by atoms with Crippen molar-refractivity contribution in [2.75, 3.05) is 23.8 Å². The number of aryl methyl sites for hydroxylation is 3. The number of esters is 2. The van der Waals surface area contributed by atoms with Crippen molar-refractivity contribution in [3.63, 3.8) is 0 Å². The number of thiophene rings is 2. The highest BCUT2D eigenvalue weighted by Gasteiger charge is 2.27. The van der Waals surface area contributed by atoms with E-state index in [4.69, 9.17) is 20.9 Å². The van der Waals surface area contributed by atoms with E-state index in [-0.39, 0.29) is 31.6 Å². The summed E-state index contributed by atoms with van der Waals surface area (Å²) in [6, 6.07) is 14.5. The van der Waals surface area contributed by atoms with E-state index in [1.54, 1.807) is 31.2 Å². The summed E-state index contributed by atoms with van der Waals surface area (Å²) in [6.07, 6.45) is 10.3. The number of fused-ring (bicyclic) bond motifs is 4. The first-order chi connectivity index (χ1) is 29.4. The van der Waals surface area contributed by atoms with Crippen molar-refractivity contribution < 1.29 is 38.2 Å². The molecule has 17 heteroatoms. The van der Waals surface area contributed by atoms with Crippen LogP contribution in [0.4, 0.5) is 10.0 Å². The lowest BCUT2D eigenvalue weighted by Crippen LogP contribution is -2.27. The number of amides is 4. The molecular weight excluding hydrogens is 833 g/mol. The van der Waals surface area contributed by atoms with Gasteiger partial charge in [0.05, 0.1) is 22.9 Å². The van der Waals surface area contributed by atoms with E-state index in [0.717, 1.165) is 89.8 Å². The van der Waals surface area contributed by atoms with Gasteiger partial charge in [0.1, 0.15) is 10.0 Å². The molecule has 324 valence electrons. The molecule has 2 aromatic carbocycles. The molecule has 15 nitrogen and oxygen atoms in total. The van der Waals surface area contributed by atoms with E-state index in [1.807, 2.05) is 30.3 Å². The zero-order valence-corrected chi connectivity index (χ0v) is 35.1. The molecule has 0 spiro atoms. The summed E-state index contributed by atoms with van der Waals surface area (Å²) in [7, 11) is 0. The van der Waals surface area contributed by atoms with E-state index in [2.05, 4.69) is 15.7 Å². The Morgan fingerprint density at radius 3 is 1.85 bits per heavy atom. The van der Waals surface area contributed by atoms with Crippen molar-refractivity contribution in [1.82, 2.24) is 9.78 Å². The number of carbonyl (C=O) groups excluding carboxylic acids is 6. The largest absolute Gasteiger partial charge is 0.455 e. The molecule has 6 N–H and O–H groups in total. The Morgan fingerprint density at radius 1 is 0.742 bits per heavy atom. The zero-order valence-electron chi connectivity index (χ0n) is 33.4. The van der Waals surface area contributed by atoms with Crippen LogP contribution in [0.1, 0.15) is 110 Å². The average molecular weight is 881 g/mol. The molecule has 62 heavy (non-hydrogen) atoms. The molecule has 3 heterocycles. The third-order valence-corrected chi connectivity index (χ3v) is 13.1. The van der Waals surface area contributed by atoms with E-state index in [1.165, 1.54) is 32.9 Å². The van der Waals surface area contributed by atoms with Crippen molar-refractivity contribution in [2.24, 2.45) is 11.5 Å². The molecule has 4 amide bonds. The van der Waals surface area contributed by atoms with Crippen LogP contribution in [0.15, 0.2) is 59.4 Å². The molecule has 0 fully saturated rings. The molecule has 3 aliphatic rings. The highest BCUT2D eigenvalue weighted by molar-refractivity contribution is 7.17. The third kappa shape index (κ3) is 9.84. The second kappa shape index (κ2) is 19.9. The summed E-state index contributed by atoms with van der Waals surface area (Å²) < 4.78 is 11.5. The van der Waals surface area contributed by atoms with Gasteiger partial charge in [0.15, 0.2) is 18.9 Å². The monoisotopic (exact) mass is 880 g/mol. The predicted octanol–water partition coefficient (Wildman–Crippen LogP) is 6.12. The Morgan fingerprint density at radius 2 is 1.27 bits per heavy atom. The van der Waals surface area contributed by atoms with Gasteiger partial charge in [-0.25, -0.2) is 9.48 Å². The fourth-order valence-corrected chi connectivity index (χ4v) is 10.5. The molecule has 3 aliphatic carbocycles. The van der Waals surface area contributed by atoms with Gasteiger partial charge < -0.3 is 31.6 Å². The van der Waals surface area contributed by atoms with E-state index in [9.17, 15) is 33.6 Å². The lowest BCUT2D eigenvalue weighted by Gasteiger charge is -2.11. The summed E-state index contributed by atoms with van der Waals surface area (Å²) in [6.45, 7) is 1.06. The van der Waals surface area contributed by atoms with Gasteiger partial charge in [-0.1, -0.05) is 56.0 Å². The minimum Gasteiger partial charge on any atom is -0.455 e. The molecule has 3 aromatic heterocycles. The maximum atomic E-state index is 12.7. The number of carbonyl (C=O) groups is 6. The molecule has 0 unspecified atom stereocenters. The fraction of sp³-hybridized carbons (Fsp3) is 0.333. The number of rotatable bonds is 12. The summed E-state index contributed by atoms with van der Waals surface area (Å²) in [5, 5.41) is 11.0. The Balaban J connectivity index is 0.000000204. The Kier molecular flexibility index (Phi) is 14.5. The smallest absolute Gasteiger partial charge is 0.359 e. The number of hydrogen-bond acceptors (Lipinski definition) is 12. The van der Waals surface area contributed by atoms with Crippen molar-refractivity contribution in [1.29, 1.82) is 0 Å². The van der Waals surface area contributed by atoms with Crippen LogP contribution in [0, 0.1) is 0 Å². The number of allylic oxidation sites excluding steroid dienone is 1. The third-order valence-electron chi connectivity index (χ3n) is 10.7. The first kappa shape index (κ1) is 45.1. The second-order valence-electron chi connectivity index (χ2n) is 14.7. The summed E-state index contributed by atoms with van der Waals surface area (Å²) in [4.78, 5) is 88.0. The lowest BCUT2D eigenvalue weighted by molar-refractivity contribution is -0.146. The van der Waals surface area contributed by atoms with E-state index >= 15 is 0 Å². The number of benzene rings is 2. The van der Waals surface area contributed by atoms with Crippen molar-refractivity contribution in [3.05, 3.63) is 114 Å². The topological polar surface area (TPSA) is 232 Å². The molecule has 0 saturated carbocycles. The SMILES string of the molecule is C.CCn1nc(C(=O)OCC(=O)Nc2sc3c(c2C(N)=O)CCCC3)c2ccccc2c1=O.NC(=O)c1c(NC(=O)COC(=O)CC2=CCc3ccccc32)sc2c1CCCC2. The molecule has 8 rings (SSSR count). The minimum atomic E-state index is -0.820. The van der Waals surface area contributed by atoms with Gasteiger partial charge in [0.2, 0.25) is 0 Å². The first-order valence-electron chi connectivity index (χ1n) is 20.0. The molecule has 0 aliphatic heterocycles. The van der Waals surface area contributed by atoms with Crippen LogP contribution >= 0.6 is 22.7 Å². The maximum absolute atomic E-state index is 12.7. The van der Waals surface area contributed by atoms with Crippen molar-refractivity contribution in [3.8, 4) is 0 Å². The standard InChI is InChI=1S/C22H22N4O5S.C22H22N2O4S.CH4/c1-2-26-21(29)13-8-4-3-7-12(13)18(25-26)22(30)31-11-16(27)24-20-17(19(23)28)14-9-5-6-10-15(14)32-20;23-21(27)20-16-7-3-4-8-17(16)29-22(20)24-18(25)12-28-19(26)11-14-10-9-13-5-1-2-6-15(13)14;/h3-4,7-8H,2,5-6,9-11H2,1H3,(H2,23,28)(H,24,27);1-2,5-6,10H,3-4,7-9,11-12H2,(H2,23,27)(H,24,25);1H4. The van der Waals surface area contributed by atoms with Crippen molar-refractivity contribution >= 4 is 84.6 Å². The van der Waals surface area contributed by atoms with Gasteiger partial charge in [-0.05, 0) is 98.6 Å². The fourth-order valence-electron chi connectivity index (χ4n) is 7.83. The number of nitrogens with zero attached hydrogens (tertiary/aromatic N) is 2. The Bertz CT molecular complexity index is 2680. The Hall–Kier alpha value is -6.46. The number of nitrogens with two attached hydrogens (primary N) is 2. The second-order valence-corrected chi connectivity index (χ2v) is 16.9. The molecule has 5 aromatic rings. The Labute approximate surface area is 365 Å². The number of anilines is 2. The molecule has 0 bridgehead atoms. The maximum Gasteiger partial charge on any atom is 0.359 e. The average Bonchev–Trinajstić information content (AvgIpc) is 3.95. The zero-order chi connectivity index (χ0) is 43.2. The van der Waals surface area contributed by atoms with Crippen LogP contribution in [0.5, 0.6) is 0 Å². The van der Waals surface area contributed by atoms with Crippen LogP contribution < -0.4 is 27.7 Å². The van der Waals surface area contributed by atoms with Crippen LogP contribution in [0.3, 0.4) is 0 Å². The van der Waals surface area contributed by atoms with Crippen molar-refractivity contribution in [2.45, 2.75) is 85.1 Å². The van der Waals surface area contributed by atoms with Gasteiger partial charge in [0, 0.05) is 21.7 Å². The van der Waals surface area contributed by atoms with Crippen LogP contribution in [-0.2, 0) is 62.5 Å². The normalized spacial score (nSPS) is 13.5. The molecule has 0 saturated heterocycles. The molecule has 0 atom stereocenters. The van der Waals surface area contributed by atoms with Crippen LogP contribution in [0.2, 0.25) is 0 Å². The van der Waals surface area contributed by atoms with E-state index < -0.39 is 48.8 Å². The van der Waals surface area contributed by atoms with Crippen LogP contribution in [0.25, 0.3) is 16.3 Å². The van der Waals surface area contributed by atoms with Gasteiger partial charge in [-0.15, -0.1) is 22.7 Å². The van der Waals surface area contributed by atoms with Gasteiger partial charge >= 0.3 is 11.9 Å². The number of primary amides is 2.